The fourth-order valence-corrected chi connectivity index (χ4v) is 4.60. The van der Waals surface area contributed by atoms with Crippen LogP contribution in [0.5, 0.6) is 0 Å². The molecular weight excluding hydrogens is 533 g/mol. The fourth-order valence-electron chi connectivity index (χ4n) is 3.87. The standard InChI is InChI=1S/C24H37N5OS.HI/c1-4-22-28-21(17-31-22)16-29-13-11-19(12-14-29)15-26-23(25-5-2)27-18-24(3,30)20-9-7-6-8-10-20;/h6-10,17,19,30H,4-5,11-16,18H2,1-3H3,(H2,25,26,27);1H. The summed E-state index contributed by atoms with van der Waals surface area (Å²) < 4.78 is 0. The zero-order chi connectivity index (χ0) is 22.1. The summed E-state index contributed by atoms with van der Waals surface area (Å²) in [7, 11) is 0. The third-order valence-electron chi connectivity index (χ3n) is 5.84. The number of aryl methyl sites for hydroxylation is 1. The Kier molecular flexibility index (Phi) is 11.4. The second-order valence-electron chi connectivity index (χ2n) is 8.52. The molecule has 1 atom stereocenters. The van der Waals surface area contributed by atoms with Crippen molar-refractivity contribution in [3.8, 4) is 0 Å². The Balaban J connectivity index is 0.00000363. The molecule has 1 unspecified atom stereocenters. The number of nitrogens with one attached hydrogen (secondary N) is 2. The van der Waals surface area contributed by atoms with E-state index in [-0.39, 0.29) is 24.0 Å². The first-order valence-corrected chi connectivity index (χ1v) is 12.3. The van der Waals surface area contributed by atoms with Gasteiger partial charge in [-0.15, -0.1) is 35.3 Å². The monoisotopic (exact) mass is 571 g/mol. The summed E-state index contributed by atoms with van der Waals surface area (Å²) in [6.07, 6.45) is 3.38. The molecule has 0 amide bonds. The van der Waals surface area contributed by atoms with Crippen LogP contribution in [0.15, 0.2) is 40.7 Å². The van der Waals surface area contributed by atoms with E-state index in [4.69, 9.17) is 4.98 Å². The molecule has 0 aliphatic carbocycles. The van der Waals surface area contributed by atoms with Crippen LogP contribution in [-0.4, -0.2) is 53.7 Å². The Morgan fingerprint density at radius 2 is 1.94 bits per heavy atom. The van der Waals surface area contributed by atoms with Gasteiger partial charge < -0.3 is 15.7 Å². The predicted molar refractivity (Wildman–Crippen MR) is 145 cm³/mol. The van der Waals surface area contributed by atoms with E-state index in [0.717, 1.165) is 50.7 Å². The van der Waals surface area contributed by atoms with Gasteiger partial charge in [-0.05, 0) is 57.7 Å². The Morgan fingerprint density at radius 1 is 1.22 bits per heavy atom. The van der Waals surface area contributed by atoms with Crippen molar-refractivity contribution < 1.29 is 5.11 Å². The number of aliphatic hydroxyl groups is 1. The zero-order valence-electron chi connectivity index (χ0n) is 19.5. The lowest BCUT2D eigenvalue weighted by atomic mass is 9.96. The molecular formula is C24H38IN5OS. The lowest BCUT2D eigenvalue weighted by molar-refractivity contribution is 0.0672. The van der Waals surface area contributed by atoms with Crippen LogP contribution in [0.3, 0.4) is 0 Å². The Labute approximate surface area is 214 Å². The molecule has 2 heterocycles. The van der Waals surface area contributed by atoms with E-state index in [2.05, 4.69) is 39.8 Å². The van der Waals surface area contributed by atoms with Crippen molar-refractivity contribution in [2.75, 3.05) is 32.7 Å². The summed E-state index contributed by atoms with van der Waals surface area (Å²) >= 11 is 1.77. The van der Waals surface area contributed by atoms with Gasteiger partial charge in [-0.3, -0.25) is 4.90 Å². The quantitative estimate of drug-likeness (QED) is 0.241. The number of nitrogens with zero attached hydrogens (tertiary/aromatic N) is 3. The molecule has 0 saturated carbocycles. The minimum absolute atomic E-state index is 0. The molecule has 3 N–H and O–H groups in total. The maximum Gasteiger partial charge on any atom is 0.191 e. The molecule has 3 rings (SSSR count). The average molecular weight is 572 g/mol. The van der Waals surface area contributed by atoms with Gasteiger partial charge in [0.15, 0.2) is 5.96 Å². The van der Waals surface area contributed by atoms with Gasteiger partial charge in [0.05, 0.1) is 17.2 Å². The largest absolute Gasteiger partial charge is 0.384 e. The van der Waals surface area contributed by atoms with Gasteiger partial charge in [0, 0.05) is 25.0 Å². The molecule has 1 aliphatic heterocycles. The van der Waals surface area contributed by atoms with E-state index in [1.165, 1.54) is 23.5 Å². The number of likely N-dealkylation sites (tertiary alicyclic amines) is 1. The minimum atomic E-state index is -0.984. The van der Waals surface area contributed by atoms with Crippen LogP contribution in [0.4, 0.5) is 0 Å². The number of piperidine rings is 1. The van der Waals surface area contributed by atoms with Crippen LogP contribution in [0, 0.1) is 5.92 Å². The van der Waals surface area contributed by atoms with Crippen molar-refractivity contribution in [2.24, 2.45) is 10.9 Å². The maximum atomic E-state index is 10.8. The van der Waals surface area contributed by atoms with Crippen molar-refractivity contribution in [2.45, 2.75) is 52.2 Å². The molecule has 32 heavy (non-hydrogen) atoms. The van der Waals surface area contributed by atoms with Crippen molar-refractivity contribution in [1.82, 2.24) is 20.5 Å². The summed E-state index contributed by atoms with van der Waals surface area (Å²) in [4.78, 5) is 11.9. The number of guanidine groups is 1. The van der Waals surface area contributed by atoms with E-state index < -0.39 is 5.60 Å². The summed E-state index contributed by atoms with van der Waals surface area (Å²) in [6.45, 7) is 11.3. The Morgan fingerprint density at radius 3 is 2.56 bits per heavy atom. The fraction of sp³-hybridized carbons (Fsp3) is 0.583. The van der Waals surface area contributed by atoms with Crippen LogP contribution in [-0.2, 0) is 18.6 Å². The van der Waals surface area contributed by atoms with Crippen molar-refractivity contribution in [3.05, 3.63) is 52.0 Å². The number of hydrogen-bond donors (Lipinski definition) is 3. The third-order valence-corrected chi connectivity index (χ3v) is 6.88. The zero-order valence-corrected chi connectivity index (χ0v) is 22.7. The number of aromatic nitrogens is 1. The number of rotatable bonds is 9. The number of halogens is 1. The number of benzene rings is 1. The molecule has 1 fully saturated rings. The molecule has 8 heteroatoms. The maximum absolute atomic E-state index is 10.8. The SMILES string of the molecule is CCNC(=NCC(C)(O)c1ccccc1)NCC1CCN(Cc2csc(CC)n2)CC1.I. The Bertz CT molecular complexity index is 819. The molecule has 1 saturated heterocycles. The average Bonchev–Trinajstić information content (AvgIpc) is 3.25. The van der Waals surface area contributed by atoms with Crippen LogP contribution in [0.1, 0.15) is 49.9 Å². The van der Waals surface area contributed by atoms with E-state index in [9.17, 15) is 5.11 Å². The first-order chi connectivity index (χ1) is 15.0. The molecule has 1 aromatic carbocycles. The van der Waals surface area contributed by atoms with E-state index in [0.29, 0.717) is 12.5 Å². The van der Waals surface area contributed by atoms with E-state index in [1.54, 1.807) is 11.3 Å². The van der Waals surface area contributed by atoms with Crippen LogP contribution >= 0.6 is 35.3 Å². The van der Waals surface area contributed by atoms with Crippen molar-refractivity contribution in [1.29, 1.82) is 0 Å². The van der Waals surface area contributed by atoms with E-state index in [1.807, 2.05) is 37.3 Å². The molecule has 0 radical (unpaired) electrons. The molecule has 2 aromatic rings. The molecule has 178 valence electrons. The van der Waals surface area contributed by atoms with Gasteiger partial charge in [0.1, 0.15) is 5.60 Å². The van der Waals surface area contributed by atoms with Crippen molar-refractivity contribution >= 4 is 41.3 Å². The van der Waals surface area contributed by atoms with Gasteiger partial charge in [0.25, 0.3) is 0 Å². The second kappa shape index (κ2) is 13.5. The topological polar surface area (TPSA) is 72.8 Å². The molecule has 0 bridgehead atoms. The lowest BCUT2D eigenvalue weighted by Crippen LogP contribution is -2.43. The highest BCUT2D eigenvalue weighted by molar-refractivity contribution is 14.0. The molecule has 1 aliphatic rings. The summed E-state index contributed by atoms with van der Waals surface area (Å²) in [6, 6.07) is 9.73. The lowest BCUT2D eigenvalue weighted by Gasteiger charge is -2.32. The first-order valence-electron chi connectivity index (χ1n) is 11.5. The van der Waals surface area contributed by atoms with Gasteiger partial charge in [-0.1, -0.05) is 37.3 Å². The van der Waals surface area contributed by atoms with Gasteiger partial charge in [0.2, 0.25) is 0 Å². The van der Waals surface area contributed by atoms with E-state index >= 15 is 0 Å². The molecule has 1 aromatic heterocycles. The predicted octanol–water partition coefficient (Wildman–Crippen LogP) is 4.00. The summed E-state index contributed by atoms with van der Waals surface area (Å²) in [5, 5.41) is 21.0. The number of aliphatic imine (C=N–C) groups is 1. The highest BCUT2D eigenvalue weighted by Gasteiger charge is 2.23. The Hall–Kier alpha value is -1.23. The van der Waals surface area contributed by atoms with Crippen LogP contribution in [0.25, 0.3) is 0 Å². The minimum Gasteiger partial charge on any atom is -0.384 e. The number of thiazole rings is 1. The second-order valence-corrected chi connectivity index (χ2v) is 9.46. The van der Waals surface area contributed by atoms with Gasteiger partial charge in [-0.2, -0.15) is 0 Å². The van der Waals surface area contributed by atoms with Crippen LogP contribution in [0.2, 0.25) is 0 Å². The van der Waals surface area contributed by atoms with Gasteiger partial charge >= 0.3 is 0 Å². The summed E-state index contributed by atoms with van der Waals surface area (Å²) in [5.74, 6) is 1.41. The van der Waals surface area contributed by atoms with Crippen LogP contribution < -0.4 is 10.6 Å². The first kappa shape index (κ1) is 27.0. The number of hydrogen-bond acceptors (Lipinski definition) is 5. The molecule has 0 spiro atoms. The smallest absolute Gasteiger partial charge is 0.191 e. The van der Waals surface area contributed by atoms with Crippen molar-refractivity contribution in [3.63, 3.8) is 0 Å². The summed E-state index contributed by atoms with van der Waals surface area (Å²) in [5.41, 5.74) is 1.11. The molecule has 6 nitrogen and oxygen atoms in total. The highest BCUT2D eigenvalue weighted by atomic mass is 127. The third kappa shape index (κ3) is 8.28. The normalized spacial score (nSPS) is 17.4. The highest BCUT2D eigenvalue weighted by Crippen LogP contribution is 2.21. The van der Waals surface area contributed by atoms with Gasteiger partial charge in [-0.25, -0.2) is 9.98 Å².